The van der Waals surface area contributed by atoms with Gasteiger partial charge < -0.3 is 10.6 Å². The number of hydrogen-bond donors (Lipinski definition) is 1. The van der Waals surface area contributed by atoms with E-state index in [9.17, 15) is 0 Å². The molecule has 1 rings (SSSR count). The van der Waals surface area contributed by atoms with Crippen molar-refractivity contribution in [1.29, 1.82) is 0 Å². The number of pyridine rings is 1. The molecule has 13 heavy (non-hydrogen) atoms. The van der Waals surface area contributed by atoms with Gasteiger partial charge in [0, 0.05) is 25.0 Å². The van der Waals surface area contributed by atoms with Gasteiger partial charge in [-0.05, 0) is 38.2 Å². The third-order valence-electron chi connectivity index (χ3n) is 2.29. The molecule has 0 spiro atoms. The van der Waals surface area contributed by atoms with Crippen LogP contribution in [0, 0.1) is 6.92 Å². The summed E-state index contributed by atoms with van der Waals surface area (Å²) in [6, 6.07) is 2.29. The number of likely N-dealkylation sites (N-methyl/N-ethyl adjacent to an activating group) is 1. The van der Waals surface area contributed by atoms with Crippen LogP contribution in [0.2, 0.25) is 0 Å². The first kappa shape index (κ1) is 10.2. The van der Waals surface area contributed by atoms with Gasteiger partial charge in [0.25, 0.3) is 0 Å². The lowest BCUT2D eigenvalue weighted by Crippen LogP contribution is -2.27. The summed E-state index contributed by atoms with van der Waals surface area (Å²) in [6.07, 6.45) is 3.70. The Hall–Kier alpha value is -0.930. The van der Waals surface area contributed by atoms with Gasteiger partial charge in [0.05, 0.1) is 0 Å². The molecule has 0 aromatic carbocycles. The molecular formula is C10H17N3. The Bertz CT molecular complexity index is 271. The first-order chi connectivity index (χ1) is 6.16. The van der Waals surface area contributed by atoms with Crippen LogP contribution in [0.15, 0.2) is 18.5 Å². The summed E-state index contributed by atoms with van der Waals surface area (Å²) in [7, 11) is 4.06. The van der Waals surface area contributed by atoms with Crippen LogP contribution in [-0.2, 0) is 0 Å². The van der Waals surface area contributed by atoms with Crippen molar-refractivity contribution in [3.8, 4) is 0 Å². The van der Waals surface area contributed by atoms with Gasteiger partial charge in [-0.3, -0.25) is 4.98 Å². The fraction of sp³-hybridized carbons (Fsp3) is 0.500. The molecule has 1 atom stereocenters. The Morgan fingerprint density at radius 1 is 1.54 bits per heavy atom. The lowest BCUT2D eigenvalue weighted by Gasteiger charge is -2.24. The van der Waals surface area contributed by atoms with Crippen LogP contribution in [0.3, 0.4) is 0 Å². The largest absolute Gasteiger partial charge is 0.329 e. The van der Waals surface area contributed by atoms with E-state index in [0.717, 1.165) is 0 Å². The van der Waals surface area contributed by atoms with Crippen molar-refractivity contribution in [3.63, 3.8) is 0 Å². The van der Waals surface area contributed by atoms with Crippen molar-refractivity contribution in [1.82, 2.24) is 9.88 Å². The van der Waals surface area contributed by atoms with E-state index in [-0.39, 0.29) is 6.04 Å². The number of hydrogen-bond acceptors (Lipinski definition) is 3. The SMILES string of the molecule is Cc1ccncc1C(CN)N(C)C. The van der Waals surface area contributed by atoms with E-state index in [2.05, 4.69) is 16.8 Å². The van der Waals surface area contributed by atoms with E-state index in [1.807, 2.05) is 32.6 Å². The average molecular weight is 179 g/mol. The molecule has 3 heteroatoms. The maximum Gasteiger partial charge on any atom is 0.0482 e. The van der Waals surface area contributed by atoms with Crippen LogP contribution >= 0.6 is 0 Å². The number of aryl methyl sites for hydroxylation is 1. The van der Waals surface area contributed by atoms with Crippen LogP contribution in [0.4, 0.5) is 0 Å². The molecule has 1 unspecified atom stereocenters. The van der Waals surface area contributed by atoms with Gasteiger partial charge in [-0.25, -0.2) is 0 Å². The molecule has 0 fully saturated rings. The summed E-state index contributed by atoms with van der Waals surface area (Å²) in [5.74, 6) is 0. The quantitative estimate of drug-likeness (QED) is 0.751. The van der Waals surface area contributed by atoms with Crippen LogP contribution in [0.25, 0.3) is 0 Å². The highest BCUT2D eigenvalue weighted by molar-refractivity contribution is 5.25. The van der Waals surface area contributed by atoms with Crippen LogP contribution in [0.1, 0.15) is 17.2 Å². The van der Waals surface area contributed by atoms with E-state index in [1.54, 1.807) is 0 Å². The van der Waals surface area contributed by atoms with Gasteiger partial charge in [-0.15, -0.1) is 0 Å². The highest BCUT2D eigenvalue weighted by Crippen LogP contribution is 2.18. The second kappa shape index (κ2) is 4.35. The highest BCUT2D eigenvalue weighted by atomic mass is 15.1. The topological polar surface area (TPSA) is 42.1 Å². The summed E-state index contributed by atoms with van der Waals surface area (Å²) in [5, 5.41) is 0. The Labute approximate surface area is 79.6 Å². The fourth-order valence-electron chi connectivity index (χ4n) is 1.44. The van der Waals surface area contributed by atoms with E-state index in [4.69, 9.17) is 5.73 Å². The number of nitrogens with zero attached hydrogens (tertiary/aromatic N) is 2. The molecule has 3 nitrogen and oxygen atoms in total. The summed E-state index contributed by atoms with van der Waals surface area (Å²) < 4.78 is 0. The zero-order valence-corrected chi connectivity index (χ0v) is 8.49. The summed E-state index contributed by atoms with van der Waals surface area (Å²) >= 11 is 0. The normalized spacial score (nSPS) is 13.3. The Morgan fingerprint density at radius 3 is 2.69 bits per heavy atom. The zero-order valence-electron chi connectivity index (χ0n) is 8.49. The molecule has 0 radical (unpaired) electrons. The second-order valence-corrected chi connectivity index (χ2v) is 3.45. The van der Waals surface area contributed by atoms with Crippen molar-refractivity contribution in [2.24, 2.45) is 5.73 Å². The standard InChI is InChI=1S/C10H17N3/c1-8-4-5-12-7-9(8)10(6-11)13(2)3/h4-5,7,10H,6,11H2,1-3H3. The molecule has 0 aliphatic rings. The smallest absolute Gasteiger partial charge is 0.0482 e. The third-order valence-corrected chi connectivity index (χ3v) is 2.29. The lowest BCUT2D eigenvalue weighted by molar-refractivity contribution is 0.304. The number of aromatic nitrogens is 1. The van der Waals surface area contributed by atoms with Gasteiger partial charge in [-0.1, -0.05) is 0 Å². The van der Waals surface area contributed by atoms with E-state index >= 15 is 0 Å². The Morgan fingerprint density at radius 2 is 2.23 bits per heavy atom. The minimum atomic E-state index is 0.272. The average Bonchev–Trinajstić information content (AvgIpc) is 2.09. The molecule has 0 bridgehead atoms. The first-order valence-corrected chi connectivity index (χ1v) is 4.43. The first-order valence-electron chi connectivity index (χ1n) is 4.43. The lowest BCUT2D eigenvalue weighted by atomic mass is 10.0. The molecule has 1 aromatic heterocycles. The van der Waals surface area contributed by atoms with Crippen LogP contribution in [0.5, 0.6) is 0 Å². The third kappa shape index (κ3) is 2.26. The summed E-state index contributed by atoms with van der Waals surface area (Å²) in [6.45, 7) is 2.71. The van der Waals surface area contributed by atoms with Crippen molar-refractivity contribution in [3.05, 3.63) is 29.6 Å². The van der Waals surface area contributed by atoms with E-state index < -0.39 is 0 Å². The molecule has 1 aromatic rings. The minimum absolute atomic E-state index is 0.272. The van der Waals surface area contributed by atoms with Gasteiger partial charge >= 0.3 is 0 Å². The highest BCUT2D eigenvalue weighted by Gasteiger charge is 2.13. The predicted molar refractivity (Wildman–Crippen MR) is 54.5 cm³/mol. The molecule has 72 valence electrons. The monoisotopic (exact) mass is 179 g/mol. The molecule has 0 saturated carbocycles. The van der Waals surface area contributed by atoms with E-state index in [0.29, 0.717) is 6.54 Å². The Kier molecular flexibility index (Phi) is 3.39. The second-order valence-electron chi connectivity index (χ2n) is 3.45. The maximum absolute atomic E-state index is 5.71. The number of nitrogens with two attached hydrogens (primary N) is 1. The van der Waals surface area contributed by atoms with Gasteiger partial charge in [0.15, 0.2) is 0 Å². The van der Waals surface area contributed by atoms with Crippen molar-refractivity contribution < 1.29 is 0 Å². The summed E-state index contributed by atoms with van der Waals surface area (Å²) in [5.41, 5.74) is 8.17. The molecule has 0 saturated heterocycles. The van der Waals surface area contributed by atoms with Crippen LogP contribution < -0.4 is 5.73 Å². The fourth-order valence-corrected chi connectivity index (χ4v) is 1.44. The predicted octanol–water partition coefficient (Wildman–Crippen LogP) is 0.951. The van der Waals surface area contributed by atoms with Gasteiger partial charge in [0.2, 0.25) is 0 Å². The summed E-state index contributed by atoms with van der Waals surface area (Å²) in [4.78, 5) is 6.23. The van der Waals surface area contributed by atoms with Gasteiger partial charge in [0.1, 0.15) is 0 Å². The zero-order chi connectivity index (χ0) is 9.84. The van der Waals surface area contributed by atoms with Crippen molar-refractivity contribution in [2.75, 3.05) is 20.6 Å². The molecule has 1 heterocycles. The van der Waals surface area contributed by atoms with Crippen LogP contribution in [-0.4, -0.2) is 30.5 Å². The van der Waals surface area contributed by atoms with Gasteiger partial charge in [-0.2, -0.15) is 0 Å². The minimum Gasteiger partial charge on any atom is -0.329 e. The van der Waals surface area contributed by atoms with Crippen molar-refractivity contribution >= 4 is 0 Å². The molecule has 0 aliphatic heterocycles. The molecule has 2 N–H and O–H groups in total. The van der Waals surface area contributed by atoms with Crippen molar-refractivity contribution in [2.45, 2.75) is 13.0 Å². The molecule has 0 aliphatic carbocycles. The number of rotatable bonds is 3. The Balaban J connectivity index is 2.97. The molecular weight excluding hydrogens is 162 g/mol. The molecule has 0 amide bonds. The maximum atomic E-state index is 5.71. The van der Waals surface area contributed by atoms with E-state index in [1.165, 1.54) is 11.1 Å².